The summed E-state index contributed by atoms with van der Waals surface area (Å²) in [5, 5.41) is 2.61. The molecule has 0 nitrogen and oxygen atoms in total. The molecule has 6 rings (SSSR count). The van der Waals surface area contributed by atoms with Crippen LogP contribution in [0.5, 0.6) is 0 Å². The molecule has 0 spiro atoms. The molecule has 33 heavy (non-hydrogen) atoms. The molecule has 1 saturated carbocycles. The van der Waals surface area contributed by atoms with Gasteiger partial charge in [-0.2, -0.15) is 0 Å². The van der Waals surface area contributed by atoms with E-state index in [1.54, 1.807) is 0 Å². The quantitative estimate of drug-likeness (QED) is 0.273. The number of benzene rings is 5. The summed E-state index contributed by atoms with van der Waals surface area (Å²) in [6.07, 6.45) is 2.07. The Hall–Kier alpha value is -3.90. The Balaban J connectivity index is 1.55. The number of rotatable bonds is 4. The van der Waals surface area contributed by atoms with Gasteiger partial charge in [0, 0.05) is 5.41 Å². The first-order valence-electron chi connectivity index (χ1n) is 11.7. The Kier molecular flexibility index (Phi) is 4.92. The van der Waals surface area contributed by atoms with Crippen LogP contribution < -0.4 is 0 Å². The first-order valence-corrected chi connectivity index (χ1v) is 11.7. The lowest BCUT2D eigenvalue weighted by Gasteiger charge is -2.46. The lowest BCUT2D eigenvalue weighted by Crippen LogP contribution is -2.38. The van der Waals surface area contributed by atoms with E-state index >= 15 is 0 Å². The van der Waals surface area contributed by atoms with Crippen molar-refractivity contribution in [2.24, 2.45) is 0 Å². The predicted octanol–water partition coefficient (Wildman–Crippen LogP) is 8.42. The molecule has 0 N–H and O–H groups in total. The molecule has 0 amide bonds. The van der Waals surface area contributed by atoms with Crippen molar-refractivity contribution >= 4 is 16.3 Å². The molecular weight excluding hydrogens is 396 g/mol. The Morgan fingerprint density at radius 1 is 0.485 bits per heavy atom. The van der Waals surface area contributed by atoms with E-state index in [-0.39, 0.29) is 5.41 Å². The summed E-state index contributed by atoms with van der Waals surface area (Å²) in [6, 6.07) is 48.5. The summed E-state index contributed by atoms with van der Waals surface area (Å²) in [5.74, 6) is 0. The summed E-state index contributed by atoms with van der Waals surface area (Å²) in [5.41, 5.74) is 8.42. The maximum Gasteiger partial charge on any atom is 0.0277 e. The third-order valence-corrected chi connectivity index (χ3v) is 7.16. The maximum atomic E-state index is 2.30. The Labute approximate surface area is 195 Å². The van der Waals surface area contributed by atoms with Crippen LogP contribution in [0.3, 0.4) is 0 Å². The van der Waals surface area contributed by atoms with Crippen LogP contribution in [0.2, 0.25) is 0 Å². The Morgan fingerprint density at radius 3 is 1.64 bits per heavy atom. The minimum absolute atomic E-state index is 0.0302. The van der Waals surface area contributed by atoms with E-state index in [1.165, 1.54) is 44.2 Å². The number of hydrogen-bond donors (Lipinski definition) is 0. The molecule has 5 aromatic carbocycles. The molecule has 0 heteroatoms. The van der Waals surface area contributed by atoms with Gasteiger partial charge in [-0.3, -0.25) is 0 Å². The molecule has 158 valence electrons. The number of allylic oxidation sites excluding steroid dienone is 1. The van der Waals surface area contributed by atoms with Crippen LogP contribution in [0.25, 0.3) is 16.3 Å². The van der Waals surface area contributed by atoms with Crippen molar-refractivity contribution in [2.45, 2.75) is 18.3 Å². The monoisotopic (exact) mass is 422 g/mol. The van der Waals surface area contributed by atoms with Gasteiger partial charge in [0.2, 0.25) is 0 Å². The topological polar surface area (TPSA) is 0 Å². The van der Waals surface area contributed by atoms with Gasteiger partial charge in [-0.25, -0.2) is 0 Å². The minimum Gasteiger partial charge on any atom is -0.0622 e. The van der Waals surface area contributed by atoms with Crippen molar-refractivity contribution < 1.29 is 0 Å². The molecule has 0 unspecified atom stereocenters. The second-order valence-electron chi connectivity index (χ2n) is 9.04. The standard InChI is InChI=1S/C33H26/c1-4-14-26(15-5-1)32(31-22-12-16-25-13-10-11-21-30(25)31)27-23-33(24-27,28-17-6-2-7-18-28)29-19-8-3-9-20-29/h1-22H,23-24H2. The van der Waals surface area contributed by atoms with Crippen LogP contribution in [0.4, 0.5) is 0 Å². The zero-order valence-electron chi connectivity index (χ0n) is 18.6. The highest BCUT2D eigenvalue weighted by Gasteiger charge is 2.44. The summed E-state index contributed by atoms with van der Waals surface area (Å²) >= 11 is 0. The fraction of sp³-hybridized carbons (Fsp3) is 0.0909. The van der Waals surface area contributed by atoms with Crippen molar-refractivity contribution in [3.8, 4) is 0 Å². The van der Waals surface area contributed by atoms with Gasteiger partial charge in [0.25, 0.3) is 0 Å². The molecule has 0 aromatic heterocycles. The third kappa shape index (κ3) is 3.39. The maximum absolute atomic E-state index is 2.30. The van der Waals surface area contributed by atoms with Gasteiger partial charge in [0.1, 0.15) is 0 Å². The van der Waals surface area contributed by atoms with Gasteiger partial charge in [-0.1, -0.05) is 139 Å². The second-order valence-corrected chi connectivity index (χ2v) is 9.04. The van der Waals surface area contributed by atoms with Gasteiger partial charge in [0.05, 0.1) is 0 Å². The summed E-state index contributed by atoms with van der Waals surface area (Å²) in [6.45, 7) is 0. The fourth-order valence-corrected chi connectivity index (χ4v) is 5.54. The smallest absolute Gasteiger partial charge is 0.0277 e. The van der Waals surface area contributed by atoms with E-state index in [1.807, 2.05) is 0 Å². The van der Waals surface area contributed by atoms with Gasteiger partial charge in [-0.05, 0) is 51.4 Å². The highest BCUT2D eigenvalue weighted by Crippen LogP contribution is 2.55. The summed E-state index contributed by atoms with van der Waals surface area (Å²) < 4.78 is 0. The molecule has 0 bridgehead atoms. The van der Waals surface area contributed by atoms with Crippen molar-refractivity contribution in [1.29, 1.82) is 0 Å². The molecule has 1 aliphatic carbocycles. The molecule has 0 atom stereocenters. The molecule has 5 aromatic rings. The molecule has 1 aliphatic rings. The van der Waals surface area contributed by atoms with Crippen molar-refractivity contribution in [1.82, 2.24) is 0 Å². The Bertz CT molecular complexity index is 1370. The number of fused-ring (bicyclic) bond motifs is 1. The Morgan fingerprint density at radius 2 is 1.00 bits per heavy atom. The van der Waals surface area contributed by atoms with Gasteiger partial charge < -0.3 is 0 Å². The van der Waals surface area contributed by atoms with E-state index < -0.39 is 0 Å². The fourth-order valence-electron chi connectivity index (χ4n) is 5.54. The third-order valence-electron chi connectivity index (χ3n) is 7.16. The van der Waals surface area contributed by atoms with Gasteiger partial charge in [0.15, 0.2) is 0 Å². The highest BCUT2D eigenvalue weighted by atomic mass is 14.5. The van der Waals surface area contributed by atoms with Crippen LogP contribution in [0.15, 0.2) is 139 Å². The van der Waals surface area contributed by atoms with E-state index in [9.17, 15) is 0 Å². The number of hydrogen-bond acceptors (Lipinski definition) is 0. The van der Waals surface area contributed by atoms with Gasteiger partial charge >= 0.3 is 0 Å². The summed E-state index contributed by atoms with van der Waals surface area (Å²) in [7, 11) is 0. The molecule has 0 aliphatic heterocycles. The zero-order valence-corrected chi connectivity index (χ0v) is 18.6. The van der Waals surface area contributed by atoms with Crippen LogP contribution in [0.1, 0.15) is 35.1 Å². The SMILES string of the molecule is c1ccc(C(=C2CC(c3ccccc3)(c3ccccc3)C2)c2cccc3ccccc23)cc1. The average Bonchev–Trinajstić information content (AvgIpc) is 2.87. The van der Waals surface area contributed by atoms with E-state index in [0.29, 0.717) is 0 Å². The van der Waals surface area contributed by atoms with Gasteiger partial charge in [-0.15, -0.1) is 0 Å². The van der Waals surface area contributed by atoms with Crippen LogP contribution in [-0.2, 0) is 5.41 Å². The first kappa shape index (κ1) is 19.8. The van der Waals surface area contributed by atoms with Crippen molar-refractivity contribution in [3.63, 3.8) is 0 Å². The normalized spacial score (nSPS) is 14.6. The molecule has 1 fully saturated rings. The van der Waals surface area contributed by atoms with Crippen LogP contribution in [-0.4, -0.2) is 0 Å². The molecule has 0 radical (unpaired) electrons. The van der Waals surface area contributed by atoms with E-state index in [4.69, 9.17) is 0 Å². The average molecular weight is 423 g/mol. The van der Waals surface area contributed by atoms with E-state index in [2.05, 4.69) is 133 Å². The first-order chi connectivity index (χ1) is 16.4. The lowest BCUT2D eigenvalue weighted by molar-refractivity contribution is 0.404. The summed E-state index contributed by atoms with van der Waals surface area (Å²) in [4.78, 5) is 0. The van der Waals surface area contributed by atoms with E-state index in [0.717, 1.165) is 12.8 Å². The lowest BCUT2D eigenvalue weighted by atomic mass is 9.56. The minimum atomic E-state index is 0.0302. The molecular formula is C33H26. The van der Waals surface area contributed by atoms with Crippen molar-refractivity contribution in [3.05, 3.63) is 161 Å². The zero-order chi connectivity index (χ0) is 22.1. The van der Waals surface area contributed by atoms with Crippen molar-refractivity contribution in [2.75, 3.05) is 0 Å². The van der Waals surface area contributed by atoms with Crippen LogP contribution >= 0.6 is 0 Å². The molecule has 0 heterocycles. The highest BCUT2D eigenvalue weighted by molar-refractivity contribution is 5.99. The molecule has 0 saturated heterocycles. The van der Waals surface area contributed by atoms with Crippen LogP contribution in [0, 0.1) is 0 Å². The second kappa shape index (κ2) is 8.22. The predicted molar refractivity (Wildman–Crippen MR) is 139 cm³/mol. The largest absolute Gasteiger partial charge is 0.0622 e.